The van der Waals surface area contributed by atoms with Crippen LogP contribution >= 0.6 is 11.8 Å². The van der Waals surface area contributed by atoms with Crippen LogP contribution in [0.1, 0.15) is 11.1 Å². The van der Waals surface area contributed by atoms with Gasteiger partial charge in [0.2, 0.25) is 5.91 Å². The summed E-state index contributed by atoms with van der Waals surface area (Å²) in [7, 11) is 0. The number of carbonyl (C=O) groups excluding carboxylic acids is 1. The lowest BCUT2D eigenvalue weighted by molar-refractivity contribution is -0.113. The number of amides is 1. The molecule has 4 aromatic rings. The van der Waals surface area contributed by atoms with E-state index in [0.717, 1.165) is 28.6 Å². The van der Waals surface area contributed by atoms with E-state index in [4.69, 9.17) is 0 Å². The van der Waals surface area contributed by atoms with Crippen molar-refractivity contribution in [3.63, 3.8) is 0 Å². The maximum Gasteiger partial charge on any atom is 0.266 e. The van der Waals surface area contributed by atoms with Crippen molar-refractivity contribution >= 4 is 34.3 Å². The van der Waals surface area contributed by atoms with Gasteiger partial charge in [0.25, 0.3) is 5.56 Å². The lowest BCUT2D eigenvalue weighted by Crippen LogP contribution is -2.23. The van der Waals surface area contributed by atoms with Crippen LogP contribution in [0.5, 0.6) is 0 Å². The van der Waals surface area contributed by atoms with E-state index in [-0.39, 0.29) is 17.2 Å². The van der Waals surface area contributed by atoms with Crippen molar-refractivity contribution in [2.75, 3.05) is 11.1 Å². The molecule has 1 aromatic heterocycles. The molecule has 156 valence electrons. The van der Waals surface area contributed by atoms with E-state index in [2.05, 4.69) is 10.3 Å². The van der Waals surface area contributed by atoms with E-state index in [1.54, 1.807) is 24.3 Å². The largest absolute Gasteiger partial charge is 0.325 e. The molecule has 1 heterocycles. The van der Waals surface area contributed by atoms with Crippen LogP contribution in [0.25, 0.3) is 16.6 Å². The van der Waals surface area contributed by atoms with Gasteiger partial charge in [-0.1, -0.05) is 36.0 Å². The van der Waals surface area contributed by atoms with Crippen LogP contribution in [0.4, 0.5) is 10.1 Å². The minimum absolute atomic E-state index is 0.0688. The molecule has 1 amide bonds. The van der Waals surface area contributed by atoms with Gasteiger partial charge in [0.1, 0.15) is 5.82 Å². The van der Waals surface area contributed by atoms with Gasteiger partial charge in [-0.05, 0) is 67.4 Å². The number of para-hydroxylation sites is 1. The molecule has 5 nitrogen and oxygen atoms in total. The van der Waals surface area contributed by atoms with Gasteiger partial charge < -0.3 is 5.32 Å². The van der Waals surface area contributed by atoms with Crippen LogP contribution in [0.2, 0.25) is 0 Å². The molecule has 0 unspecified atom stereocenters. The first kappa shape index (κ1) is 20.8. The Bertz CT molecular complexity index is 1330. The van der Waals surface area contributed by atoms with Crippen molar-refractivity contribution in [2.45, 2.75) is 19.0 Å². The number of aromatic nitrogens is 2. The molecule has 0 aliphatic carbocycles. The Morgan fingerprint density at radius 2 is 1.77 bits per heavy atom. The Kier molecular flexibility index (Phi) is 5.86. The molecule has 0 aliphatic heterocycles. The highest BCUT2D eigenvalue weighted by molar-refractivity contribution is 7.99. The van der Waals surface area contributed by atoms with Gasteiger partial charge >= 0.3 is 0 Å². The van der Waals surface area contributed by atoms with Gasteiger partial charge in [0.15, 0.2) is 5.16 Å². The molecule has 0 saturated heterocycles. The Labute approximate surface area is 182 Å². The minimum atomic E-state index is -0.396. The van der Waals surface area contributed by atoms with Gasteiger partial charge in [-0.15, -0.1) is 0 Å². The summed E-state index contributed by atoms with van der Waals surface area (Å²) < 4.78 is 14.8. The Morgan fingerprint density at radius 1 is 1.03 bits per heavy atom. The number of aryl methyl sites for hydroxylation is 1. The molecular weight excluding hydrogens is 413 g/mol. The first-order valence-electron chi connectivity index (χ1n) is 9.70. The summed E-state index contributed by atoms with van der Waals surface area (Å²) in [4.78, 5) is 30.4. The number of benzene rings is 3. The molecule has 3 aromatic carbocycles. The maximum atomic E-state index is 13.4. The summed E-state index contributed by atoms with van der Waals surface area (Å²) in [6, 6.07) is 18.4. The predicted molar refractivity (Wildman–Crippen MR) is 123 cm³/mol. The van der Waals surface area contributed by atoms with Crippen molar-refractivity contribution in [1.29, 1.82) is 0 Å². The number of anilines is 1. The van der Waals surface area contributed by atoms with Gasteiger partial charge in [-0.3, -0.25) is 14.2 Å². The van der Waals surface area contributed by atoms with Crippen LogP contribution < -0.4 is 10.9 Å². The second-order valence-corrected chi connectivity index (χ2v) is 8.06. The van der Waals surface area contributed by atoms with Crippen LogP contribution in [-0.4, -0.2) is 21.2 Å². The Hall–Kier alpha value is -3.45. The molecule has 1 N–H and O–H groups in total. The summed E-state index contributed by atoms with van der Waals surface area (Å²) >= 11 is 1.16. The van der Waals surface area contributed by atoms with Crippen molar-refractivity contribution in [3.05, 3.63) is 94.0 Å². The molecule has 0 bridgehead atoms. The van der Waals surface area contributed by atoms with E-state index in [1.807, 2.05) is 32.0 Å². The van der Waals surface area contributed by atoms with E-state index in [0.29, 0.717) is 21.7 Å². The summed E-state index contributed by atoms with van der Waals surface area (Å²) in [6.45, 7) is 3.94. The SMILES string of the molecule is Cc1cccc(NC(=O)CSc2nc3ccccc3c(=O)n2-c2ccc(F)cc2)c1C. The van der Waals surface area contributed by atoms with Crippen LogP contribution in [-0.2, 0) is 4.79 Å². The molecule has 4 rings (SSSR count). The van der Waals surface area contributed by atoms with E-state index in [1.165, 1.54) is 28.8 Å². The van der Waals surface area contributed by atoms with Crippen molar-refractivity contribution < 1.29 is 9.18 Å². The summed E-state index contributed by atoms with van der Waals surface area (Å²) in [5.74, 6) is -0.529. The summed E-state index contributed by atoms with van der Waals surface area (Å²) in [5.41, 5.74) is 3.62. The molecule has 0 spiro atoms. The monoisotopic (exact) mass is 433 g/mol. The number of nitrogens with one attached hydrogen (secondary N) is 1. The summed E-state index contributed by atoms with van der Waals surface area (Å²) in [5, 5.41) is 3.74. The smallest absolute Gasteiger partial charge is 0.266 e. The molecule has 7 heteroatoms. The standard InChI is InChI=1S/C24H20FN3O2S/c1-15-6-5-9-20(16(15)2)26-22(29)14-31-24-27-21-8-4-3-7-19(21)23(30)28(24)18-12-10-17(25)11-13-18/h3-13H,14H2,1-2H3,(H,26,29). The number of hydrogen-bond acceptors (Lipinski definition) is 4. The highest BCUT2D eigenvalue weighted by Gasteiger charge is 2.15. The number of fused-ring (bicyclic) bond motifs is 1. The average Bonchev–Trinajstić information content (AvgIpc) is 2.76. The number of thioether (sulfide) groups is 1. The first-order valence-corrected chi connectivity index (χ1v) is 10.7. The zero-order valence-electron chi connectivity index (χ0n) is 17.1. The number of rotatable bonds is 5. The number of halogens is 1. The second kappa shape index (κ2) is 8.73. The van der Waals surface area contributed by atoms with Crippen molar-refractivity contribution in [2.24, 2.45) is 0 Å². The minimum Gasteiger partial charge on any atom is -0.325 e. The van der Waals surface area contributed by atoms with Gasteiger partial charge in [0, 0.05) is 5.69 Å². The lowest BCUT2D eigenvalue weighted by atomic mass is 10.1. The number of nitrogens with zero attached hydrogens (tertiary/aromatic N) is 2. The quantitative estimate of drug-likeness (QED) is 0.360. The molecule has 0 saturated carbocycles. The van der Waals surface area contributed by atoms with Crippen molar-refractivity contribution in [3.8, 4) is 5.69 Å². The van der Waals surface area contributed by atoms with Crippen LogP contribution in [0.3, 0.4) is 0 Å². The molecule has 31 heavy (non-hydrogen) atoms. The van der Waals surface area contributed by atoms with E-state index >= 15 is 0 Å². The number of hydrogen-bond donors (Lipinski definition) is 1. The lowest BCUT2D eigenvalue weighted by Gasteiger charge is -2.14. The molecular formula is C24H20FN3O2S. The Balaban J connectivity index is 1.67. The third-order valence-corrected chi connectivity index (χ3v) is 5.98. The fourth-order valence-electron chi connectivity index (χ4n) is 3.23. The van der Waals surface area contributed by atoms with Crippen LogP contribution in [0, 0.1) is 19.7 Å². The Morgan fingerprint density at radius 3 is 2.55 bits per heavy atom. The van der Waals surface area contributed by atoms with E-state index < -0.39 is 5.82 Å². The average molecular weight is 434 g/mol. The number of carbonyl (C=O) groups is 1. The second-order valence-electron chi connectivity index (χ2n) is 7.11. The fourth-order valence-corrected chi connectivity index (χ4v) is 4.04. The molecule has 0 fully saturated rings. The highest BCUT2D eigenvalue weighted by atomic mass is 32.2. The first-order chi connectivity index (χ1) is 14.9. The normalized spacial score (nSPS) is 10.9. The van der Waals surface area contributed by atoms with Crippen molar-refractivity contribution in [1.82, 2.24) is 9.55 Å². The zero-order chi connectivity index (χ0) is 22.0. The third kappa shape index (κ3) is 4.36. The van der Waals surface area contributed by atoms with Gasteiger partial charge in [-0.2, -0.15) is 0 Å². The predicted octanol–water partition coefficient (Wildman–Crippen LogP) is 4.87. The topological polar surface area (TPSA) is 64.0 Å². The molecule has 0 atom stereocenters. The fraction of sp³-hybridized carbons (Fsp3) is 0.125. The van der Waals surface area contributed by atoms with Gasteiger partial charge in [-0.25, -0.2) is 9.37 Å². The van der Waals surface area contributed by atoms with Crippen LogP contribution in [0.15, 0.2) is 76.7 Å². The molecule has 0 aliphatic rings. The maximum absolute atomic E-state index is 13.4. The molecule has 0 radical (unpaired) electrons. The zero-order valence-corrected chi connectivity index (χ0v) is 17.9. The van der Waals surface area contributed by atoms with E-state index in [9.17, 15) is 14.0 Å². The summed E-state index contributed by atoms with van der Waals surface area (Å²) in [6.07, 6.45) is 0. The third-order valence-electron chi connectivity index (χ3n) is 5.04. The van der Waals surface area contributed by atoms with Gasteiger partial charge in [0.05, 0.1) is 22.3 Å². The highest BCUT2D eigenvalue weighted by Crippen LogP contribution is 2.23.